The van der Waals surface area contributed by atoms with E-state index >= 15 is 0 Å². The van der Waals surface area contributed by atoms with E-state index in [0.29, 0.717) is 13.2 Å². The van der Waals surface area contributed by atoms with Gasteiger partial charge >= 0.3 is 0 Å². The fraction of sp³-hybridized carbons (Fsp3) is 0.600. The molecule has 0 aliphatic heterocycles. The van der Waals surface area contributed by atoms with Gasteiger partial charge in [-0.15, -0.1) is 0 Å². The van der Waals surface area contributed by atoms with Gasteiger partial charge in [0, 0.05) is 26.9 Å². The van der Waals surface area contributed by atoms with Crippen molar-refractivity contribution in [3.63, 3.8) is 0 Å². The molecule has 1 unspecified atom stereocenters. The number of hydrogen-bond acceptors (Lipinski definition) is 5. The van der Waals surface area contributed by atoms with Gasteiger partial charge in [0.25, 0.3) is 0 Å². The Kier molecular flexibility index (Phi) is 8.22. The van der Waals surface area contributed by atoms with Gasteiger partial charge in [0.1, 0.15) is 12.4 Å². The zero-order chi connectivity index (χ0) is 14.8. The Hall–Kier alpha value is -1.14. The summed E-state index contributed by atoms with van der Waals surface area (Å²) in [4.78, 5) is 0. The molecule has 0 aliphatic carbocycles. The molecule has 0 saturated carbocycles. The summed E-state index contributed by atoms with van der Waals surface area (Å²) in [5, 5.41) is 3.37. The van der Waals surface area contributed by atoms with Crippen molar-refractivity contribution >= 4 is 0 Å². The lowest BCUT2D eigenvalue weighted by Gasteiger charge is -2.27. The predicted octanol–water partition coefficient (Wildman–Crippen LogP) is 1.98. The van der Waals surface area contributed by atoms with Crippen molar-refractivity contribution in [2.24, 2.45) is 0 Å². The molecular weight excluding hydrogens is 258 g/mol. The van der Waals surface area contributed by atoms with Crippen LogP contribution >= 0.6 is 0 Å². The van der Waals surface area contributed by atoms with Crippen LogP contribution in [0.4, 0.5) is 0 Å². The molecule has 20 heavy (non-hydrogen) atoms. The SMILES string of the molecule is CCNC(c1ccccc1OCCOC)C(OC)OC. The first kappa shape index (κ1) is 16.9. The highest BCUT2D eigenvalue weighted by atomic mass is 16.7. The van der Waals surface area contributed by atoms with Gasteiger partial charge in [0.05, 0.1) is 12.6 Å². The van der Waals surface area contributed by atoms with Crippen LogP contribution < -0.4 is 10.1 Å². The average molecular weight is 283 g/mol. The van der Waals surface area contributed by atoms with E-state index < -0.39 is 0 Å². The summed E-state index contributed by atoms with van der Waals surface area (Å²) in [5.41, 5.74) is 1.01. The maximum absolute atomic E-state index is 5.77. The summed E-state index contributed by atoms with van der Waals surface area (Å²) in [6.07, 6.45) is -0.373. The summed E-state index contributed by atoms with van der Waals surface area (Å²) in [5.74, 6) is 0.814. The summed E-state index contributed by atoms with van der Waals surface area (Å²) >= 11 is 0. The highest BCUT2D eigenvalue weighted by Crippen LogP contribution is 2.28. The highest BCUT2D eigenvalue weighted by Gasteiger charge is 2.24. The largest absolute Gasteiger partial charge is 0.491 e. The van der Waals surface area contributed by atoms with Crippen molar-refractivity contribution in [3.8, 4) is 5.75 Å². The van der Waals surface area contributed by atoms with Crippen molar-refractivity contribution in [1.82, 2.24) is 5.32 Å². The van der Waals surface area contributed by atoms with Crippen LogP contribution in [0.5, 0.6) is 5.75 Å². The molecule has 0 heterocycles. The molecule has 5 heteroatoms. The molecule has 0 amide bonds. The van der Waals surface area contributed by atoms with E-state index in [-0.39, 0.29) is 12.3 Å². The second-order valence-corrected chi connectivity index (χ2v) is 4.25. The Morgan fingerprint density at radius 3 is 2.35 bits per heavy atom. The third-order valence-corrected chi connectivity index (χ3v) is 2.96. The fourth-order valence-corrected chi connectivity index (χ4v) is 2.04. The first-order valence-corrected chi connectivity index (χ1v) is 6.78. The van der Waals surface area contributed by atoms with E-state index in [9.17, 15) is 0 Å². The first-order valence-electron chi connectivity index (χ1n) is 6.78. The molecule has 0 spiro atoms. The fourth-order valence-electron chi connectivity index (χ4n) is 2.04. The lowest BCUT2D eigenvalue weighted by Crippen LogP contribution is -2.34. The zero-order valence-corrected chi connectivity index (χ0v) is 12.7. The third kappa shape index (κ3) is 4.76. The molecule has 114 valence electrons. The Morgan fingerprint density at radius 1 is 1.05 bits per heavy atom. The molecule has 1 rings (SSSR count). The number of para-hydroxylation sites is 1. The van der Waals surface area contributed by atoms with Crippen LogP contribution in [0, 0.1) is 0 Å². The summed E-state index contributed by atoms with van der Waals surface area (Å²) < 4.78 is 21.5. The van der Waals surface area contributed by atoms with Gasteiger partial charge in [0.2, 0.25) is 0 Å². The van der Waals surface area contributed by atoms with Crippen LogP contribution in [0.15, 0.2) is 24.3 Å². The number of benzene rings is 1. The number of ether oxygens (including phenoxy) is 4. The highest BCUT2D eigenvalue weighted by molar-refractivity contribution is 5.36. The minimum atomic E-state index is -0.373. The lowest BCUT2D eigenvalue weighted by atomic mass is 10.0. The van der Waals surface area contributed by atoms with E-state index in [1.165, 1.54) is 0 Å². The van der Waals surface area contributed by atoms with Crippen LogP contribution in [0.1, 0.15) is 18.5 Å². The van der Waals surface area contributed by atoms with Gasteiger partial charge in [-0.2, -0.15) is 0 Å². The van der Waals surface area contributed by atoms with Gasteiger partial charge < -0.3 is 24.3 Å². The smallest absolute Gasteiger partial charge is 0.176 e. The second-order valence-electron chi connectivity index (χ2n) is 4.25. The molecular formula is C15H25NO4. The Labute approximate surface area is 121 Å². The summed E-state index contributed by atoms with van der Waals surface area (Å²) in [6, 6.07) is 7.79. The molecule has 0 saturated heterocycles. The maximum atomic E-state index is 5.77. The van der Waals surface area contributed by atoms with Crippen LogP contribution in [-0.2, 0) is 14.2 Å². The molecule has 1 N–H and O–H groups in total. The predicted molar refractivity (Wildman–Crippen MR) is 78.0 cm³/mol. The monoisotopic (exact) mass is 283 g/mol. The van der Waals surface area contributed by atoms with Gasteiger partial charge in [-0.05, 0) is 12.6 Å². The Balaban J connectivity index is 2.93. The van der Waals surface area contributed by atoms with E-state index in [2.05, 4.69) is 5.32 Å². The Morgan fingerprint density at radius 2 is 1.75 bits per heavy atom. The normalized spacial score (nSPS) is 12.7. The molecule has 5 nitrogen and oxygen atoms in total. The quantitative estimate of drug-likeness (QED) is 0.525. The van der Waals surface area contributed by atoms with Crippen molar-refractivity contribution < 1.29 is 18.9 Å². The molecule has 1 atom stereocenters. The van der Waals surface area contributed by atoms with E-state index in [1.807, 2.05) is 31.2 Å². The van der Waals surface area contributed by atoms with E-state index in [4.69, 9.17) is 18.9 Å². The molecule has 0 bridgehead atoms. The van der Waals surface area contributed by atoms with Crippen LogP contribution in [0.2, 0.25) is 0 Å². The van der Waals surface area contributed by atoms with Crippen molar-refractivity contribution in [2.75, 3.05) is 41.1 Å². The summed E-state index contributed by atoms with van der Waals surface area (Å²) in [7, 11) is 4.92. The molecule has 0 aliphatic rings. The topological polar surface area (TPSA) is 49.0 Å². The molecule has 0 fully saturated rings. The number of hydrogen-bond donors (Lipinski definition) is 1. The number of likely N-dealkylation sites (N-methyl/N-ethyl adjacent to an activating group) is 1. The summed E-state index contributed by atoms with van der Waals surface area (Å²) in [6.45, 7) is 3.92. The van der Waals surface area contributed by atoms with Crippen molar-refractivity contribution in [2.45, 2.75) is 19.3 Å². The van der Waals surface area contributed by atoms with Crippen LogP contribution in [-0.4, -0.2) is 47.4 Å². The van der Waals surface area contributed by atoms with E-state index in [0.717, 1.165) is 17.9 Å². The number of methoxy groups -OCH3 is 3. The minimum absolute atomic E-state index is 0.0891. The van der Waals surface area contributed by atoms with Crippen molar-refractivity contribution in [3.05, 3.63) is 29.8 Å². The second kappa shape index (κ2) is 9.72. The van der Waals surface area contributed by atoms with Crippen LogP contribution in [0.3, 0.4) is 0 Å². The van der Waals surface area contributed by atoms with E-state index in [1.54, 1.807) is 21.3 Å². The number of rotatable bonds is 10. The number of nitrogens with one attached hydrogen (secondary N) is 1. The molecule has 1 aromatic rings. The average Bonchev–Trinajstić information content (AvgIpc) is 2.48. The molecule has 0 radical (unpaired) electrons. The van der Waals surface area contributed by atoms with Gasteiger partial charge in [0.15, 0.2) is 6.29 Å². The lowest BCUT2D eigenvalue weighted by molar-refractivity contribution is -0.124. The Bertz CT molecular complexity index is 369. The minimum Gasteiger partial charge on any atom is -0.491 e. The molecule has 0 aromatic heterocycles. The van der Waals surface area contributed by atoms with Crippen LogP contribution in [0.25, 0.3) is 0 Å². The van der Waals surface area contributed by atoms with Gasteiger partial charge in [-0.3, -0.25) is 0 Å². The molecule has 1 aromatic carbocycles. The maximum Gasteiger partial charge on any atom is 0.176 e. The van der Waals surface area contributed by atoms with Gasteiger partial charge in [-0.25, -0.2) is 0 Å². The standard InChI is InChI=1S/C15H25NO4/c1-5-16-14(15(18-3)19-4)12-8-6-7-9-13(12)20-11-10-17-2/h6-9,14-16H,5,10-11H2,1-4H3. The zero-order valence-electron chi connectivity index (χ0n) is 12.7. The third-order valence-electron chi connectivity index (χ3n) is 2.96. The van der Waals surface area contributed by atoms with Crippen molar-refractivity contribution in [1.29, 1.82) is 0 Å². The first-order chi connectivity index (χ1) is 9.78. The van der Waals surface area contributed by atoms with Gasteiger partial charge in [-0.1, -0.05) is 25.1 Å².